The highest BCUT2D eigenvalue weighted by molar-refractivity contribution is 5.59. The molecule has 2 aliphatic rings. The third-order valence-corrected chi connectivity index (χ3v) is 7.42. The van der Waals surface area contributed by atoms with Crippen molar-refractivity contribution in [3.8, 4) is 22.7 Å². The smallest absolute Gasteiger partial charge is 0.314 e. The Kier molecular flexibility index (Phi) is 6.45. The third kappa shape index (κ3) is 5.00. The molecule has 0 bridgehead atoms. The van der Waals surface area contributed by atoms with Gasteiger partial charge in [0.1, 0.15) is 11.5 Å². The Morgan fingerprint density at radius 1 is 1.00 bits per heavy atom. The fraction of sp³-hybridized carbons (Fsp3) is 0.423. The number of nitrogens with zero attached hydrogens (tertiary/aromatic N) is 7. The van der Waals surface area contributed by atoms with E-state index >= 15 is 0 Å². The van der Waals surface area contributed by atoms with Crippen LogP contribution < -0.4 is 0 Å². The van der Waals surface area contributed by atoms with Crippen LogP contribution in [0.5, 0.6) is 0 Å². The Labute approximate surface area is 211 Å². The lowest BCUT2D eigenvalue weighted by atomic mass is 9.85. The van der Waals surface area contributed by atoms with Crippen molar-refractivity contribution in [1.29, 1.82) is 0 Å². The molecule has 3 aromatic heterocycles. The van der Waals surface area contributed by atoms with Gasteiger partial charge in [0.2, 0.25) is 5.89 Å². The van der Waals surface area contributed by atoms with E-state index in [4.69, 9.17) is 4.42 Å². The molecular weight excluding hydrogens is 483 g/mol. The van der Waals surface area contributed by atoms with Crippen LogP contribution in [0, 0.1) is 5.82 Å². The van der Waals surface area contributed by atoms with Gasteiger partial charge in [0.15, 0.2) is 0 Å². The first-order chi connectivity index (χ1) is 18.0. The normalized spacial score (nSPS) is 17.4. The number of piperidine rings is 1. The van der Waals surface area contributed by atoms with Gasteiger partial charge >= 0.3 is 6.43 Å². The summed E-state index contributed by atoms with van der Waals surface area (Å²) in [5, 5.41) is 15.2. The van der Waals surface area contributed by atoms with E-state index < -0.39 is 18.1 Å². The van der Waals surface area contributed by atoms with Crippen LogP contribution in [0.4, 0.5) is 13.2 Å². The molecular formula is C26H26F3N7O. The van der Waals surface area contributed by atoms with Gasteiger partial charge in [0.05, 0.1) is 24.0 Å². The van der Waals surface area contributed by atoms with E-state index in [-0.39, 0.29) is 23.7 Å². The van der Waals surface area contributed by atoms with E-state index in [0.29, 0.717) is 11.6 Å². The number of pyridine rings is 1. The van der Waals surface area contributed by atoms with Crippen LogP contribution in [0.2, 0.25) is 0 Å². The second-order valence-electron chi connectivity index (χ2n) is 9.72. The SMILES string of the molecule is Fc1cc(-c2nnc(C(F)F)o2)cnc1Cn1cc(-c2cccc(C3CCN(C4CCC4)CC3)c2)nn1. The molecule has 1 aliphatic heterocycles. The van der Waals surface area contributed by atoms with Gasteiger partial charge in [-0.1, -0.05) is 29.8 Å². The van der Waals surface area contributed by atoms with E-state index in [9.17, 15) is 13.2 Å². The van der Waals surface area contributed by atoms with E-state index in [1.54, 1.807) is 6.20 Å². The molecule has 1 saturated heterocycles. The molecule has 0 unspecified atom stereocenters. The predicted octanol–water partition coefficient (Wildman–Crippen LogP) is 5.25. The number of alkyl halides is 2. The molecule has 0 amide bonds. The van der Waals surface area contributed by atoms with Crippen molar-refractivity contribution in [2.45, 2.75) is 57.0 Å². The average Bonchev–Trinajstić information content (AvgIpc) is 3.55. The van der Waals surface area contributed by atoms with Crippen molar-refractivity contribution >= 4 is 0 Å². The highest BCUT2D eigenvalue weighted by atomic mass is 19.3. The summed E-state index contributed by atoms with van der Waals surface area (Å²) in [6.45, 7) is 2.38. The summed E-state index contributed by atoms with van der Waals surface area (Å²) in [4.78, 5) is 6.76. The van der Waals surface area contributed by atoms with Crippen LogP contribution in [-0.4, -0.2) is 54.2 Å². The number of aromatic nitrogens is 6. The van der Waals surface area contributed by atoms with Gasteiger partial charge in [0, 0.05) is 17.8 Å². The highest BCUT2D eigenvalue weighted by Crippen LogP contribution is 2.34. The number of likely N-dealkylation sites (tertiary alicyclic amines) is 1. The average molecular weight is 510 g/mol. The summed E-state index contributed by atoms with van der Waals surface area (Å²) >= 11 is 0. The third-order valence-electron chi connectivity index (χ3n) is 7.42. The fourth-order valence-electron chi connectivity index (χ4n) is 5.10. The van der Waals surface area contributed by atoms with Crippen LogP contribution in [-0.2, 0) is 6.54 Å². The van der Waals surface area contributed by atoms with Gasteiger partial charge in [0.25, 0.3) is 5.89 Å². The molecule has 0 spiro atoms. The molecule has 4 aromatic rings. The summed E-state index contributed by atoms with van der Waals surface area (Å²) in [5.41, 5.74) is 3.24. The summed E-state index contributed by atoms with van der Waals surface area (Å²) in [6, 6.07) is 10.4. The van der Waals surface area contributed by atoms with Crippen molar-refractivity contribution in [3.05, 3.63) is 65.7 Å². The topological polar surface area (TPSA) is 85.8 Å². The van der Waals surface area contributed by atoms with Crippen LogP contribution in [0.25, 0.3) is 22.7 Å². The zero-order valence-electron chi connectivity index (χ0n) is 20.1. The van der Waals surface area contributed by atoms with E-state index in [1.807, 2.05) is 6.07 Å². The van der Waals surface area contributed by atoms with Crippen molar-refractivity contribution in [2.75, 3.05) is 13.1 Å². The summed E-state index contributed by atoms with van der Waals surface area (Å²) in [5.74, 6) is -1.14. The van der Waals surface area contributed by atoms with Gasteiger partial charge < -0.3 is 9.32 Å². The molecule has 11 heteroatoms. The molecule has 1 saturated carbocycles. The summed E-state index contributed by atoms with van der Waals surface area (Å²) in [6.07, 6.45) is 6.57. The largest absolute Gasteiger partial charge is 0.415 e. The van der Waals surface area contributed by atoms with Crippen molar-refractivity contribution in [3.63, 3.8) is 0 Å². The molecule has 37 heavy (non-hydrogen) atoms. The minimum Gasteiger partial charge on any atom is -0.415 e. The minimum absolute atomic E-state index is 0.0601. The van der Waals surface area contributed by atoms with Gasteiger partial charge in [-0.15, -0.1) is 15.3 Å². The maximum absolute atomic E-state index is 14.7. The second kappa shape index (κ2) is 10.0. The zero-order chi connectivity index (χ0) is 25.4. The Balaban J connectivity index is 1.13. The van der Waals surface area contributed by atoms with Crippen LogP contribution >= 0.6 is 0 Å². The molecule has 4 heterocycles. The van der Waals surface area contributed by atoms with Crippen molar-refractivity contribution in [1.82, 2.24) is 35.1 Å². The Morgan fingerprint density at radius 2 is 1.84 bits per heavy atom. The maximum Gasteiger partial charge on any atom is 0.314 e. The Hall–Kier alpha value is -3.60. The number of benzene rings is 1. The number of rotatable bonds is 7. The summed E-state index contributed by atoms with van der Waals surface area (Å²) < 4.78 is 46.4. The van der Waals surface area contributed by atoms with Crippen molar-refractivity contribution in [2.24, 2.45) is 0 Å². The quantitative estimate of drug-likeness (QED) is 0.337. The molecule has 0 radical (unpaired) electrons. The maximum atomic E-state index is 14.7. The van der Waals surface area contributed by atoms with Crippen LogP contribution in [0.15, 0.2) is 47.1 Å². The van der Waals surface area contributed by atoms with Gasteiger partial charge in [-0.3, -0.25) is 4.98 Å². The molecule has 1 aliphatic carbocycles. The number of halogens is 3. The van der Waals surface area contributed by atoms with Gasteiger partial charge in [-0.05, 0) is 62.4 Å². The number of hydrogen-bond donors (Lipinski definition) is 0. The first kappa shape index (κ1) is 23.8. The molecule has 1 aromatic carbocycles. The summed E-state index contributed by atoms with van der Waals surface area (Å²) in [7, 11) is 0. The standard InChI is InChI=1S/C26H26F3N7O/c27-21-12-19(25-32-33-26(37-25)24(28)29)13-30-23(21)15-36-14-22(31-34-36)18-4-1-3-17(11-18)16-7-9-35(10-8-16)20-5-2-6-20/h1,3-4,11-14,16,20,24H,2,5-10,15H2. The van der Waals surface area contributed by atoms with Crippen LogP contribution in [0.1, 0.15) is 61.6 Å². The monoisotopic (exact) mass is 509 g/mol. The van der Waals surface area contributed by atoms with E-state index in [1.165, 1.54) is 48.5 Å². The predicted molar refractivity (Wildman–Crippen MR) is 128 cm³/mol. The molecule has 6 rings (SSSR count). The van der Waals surface area contributed by atoms with Crippen molar-refractivity contribution < 1.29 is 17.6 Å². The first-order valence-corrected chi connectivity index (χ1v) is 12.5. The lowest BCUT2D eigenvalue weighted by Crippen LogP contribution is -2.44. The zero-order valence-corrected chi connectivity index (χ0v) is 20.1. The molecule has 0 atom stereocenters. The Morgan fingerprint density at radius 3 is 2.54 bits per heavy atom. The second-order valence-corrected chi connectivity index (χ2v) is 9.72. The van der Waals surface area contributed by atoms with E-state index in [0.717, 1.165) is 30.8 Å². The minimum atomic E-state index is -2.90. The van der Waals surface area contributed by atoms with Crippen LogP contribution in [0.3, 0.4) is 0 Å². The molecule has 0 N–H and O–H groups in total. The fourth-order valence-corrected chi connectivity index (χ4v) is 5.10. The molecule has 8 nitrogen and oxygen atoms in total. The highest BCUT2D eigenvalue weighted by Gasteiger charge is 2.29. The van der Waals surface area contributed by atoms with E-state index in [2.05, 4.69) is 48.6 Å². The molecule has 192 valence electrons. The molecule has 2 fully saturated rings. The van der Waals surface area contributed by atoms with Gasteiger partial charge in [-0.2, -0.15) is 8.78 Å². The van der Waals surface area contributed by atoms with Gasteiger partial charge in [-0.25, -0.2) is 9.07 Å². The first-order valence-electron chi connectivity index (χ1n) is 12.5. The lowest BCUT2D eigenvalue weighted by Gasteiger charge is -2.42. The number of hydrogen-bond acceptors (Lipinski definition) is 7. The lowest BCUT2D eigenvalue weighted by molar-refractivity contribution is 0.0975. The Bertz CT molecular complexity index is 1380.